The smallest absolute Gasteiger partial charge is 0.315 e. The summed E-state index contributed by atoms with van der Waals surface area (Å²) >= 11 is 0. The number of carbonyl (C=O) groups is 2. The van der Waals surface area contributed by atoms with Gasteiger partial charge in [0, 0.05) is 35.8 Å². The van der Waals surface area contributed by atoms with Crippen LogP contribution in [0.1, 0.15) is 67.0 Å². The summed E-state index contributed by atoms with van der Waals surface area (Å²) in [5.41, 5.74) is 0.676. The van der Waals surface area contributed by atoms with Gasteiger partial charge in [-0.1, -0.05) is 34.1 Å². The van der Waals surface area contributed by atoms with E-state index in [0.29, 0.717) is 18.1 Å². The molecule has 1 aromatic carbocycles. The van der Waals surface area contributed by atoms with Gasteiger partial charge in [0.1, 0.15) is 12.4 Å². The third kappa shape index (κ3) is 7.29. The second kappa shape index (κ2) is 10.7. The number of aromatic nitrogens is 2. The Morgan fingerprint density at radius 2 is 1.71 bits per heavy atom. The van der Waals surface area contributed by atoms with Crippen molar-refractivity contribution >= 4 is 29.1 Å². The van der Waals surface area contributed by atoms with Crippen LogP contribution in [0.15, 0.2) is 30.3 Å². The number of amides is 3. The number of nitrogens with one attached hydrogen (secondary N) is 2. The number of nitro groups is 1. The van der Waals surface area contributed by atoms with Gasteiger partial charge in [0.15, 0.2) is 0 Å². The highest BCUT2D eigenvalue weighted by Gasteiger charge is 2.26. The summed E-state index contributed by atoms with van der Waals surface area (Å²) in [7, 11) is 0. The van der Waals surface area contributed by atoms with Gasteiger partial charge in [0.2, 0.25) is 5.91 Å². The molecule has 0 fully saturated rings. The maximum absolute atomic E-state index is 13.0. The van der Waals surface area contributed by atoms with Crippen molar-refractivity contribution in [2.45, 2.75) is 72.3 Å². The predicted octanol–water partition coefficient (Wildman–Crippen LogP) is 5.12. The Balaban J connectivity index is 2.17. The van der Waals surface area contributed by atoms with Crippen LogP contribution in [0.25, 0.3) is 0 Å². The number of nitrogens with zero attached hydrogens (tertiary/aromatic N) is 4. The minimum Gasteiger partial charge on any atom is -0.315 e. The van der Waals surface area contributed by atoms with Crippen molar-refractivity contribution in [3.63, 3.8) is 0 Å². The number of unbranched alkanes of at least 4 members (excludes halogenated alkanes) is 1. The number of nitro benzene ring substituents is 1. The Morgan fingerprint density at radius 3 is 2.21 bits per heavy atom. The van der Waals surface area contributed by atoms with Crippen LogP contribution in [0.5, 0.6) is 0 Å². The molecular weight excluding hydrogens is 436 g/mol. The highest BCUT2D eigenvalue weighted by molar-refractivity contribution is 5.96. The summed E-state index contributed by atoms with van der Waals surface area (Å²) in [6.45, 7) is 14.5. The van der Waals surface area contributed by atoms with Crippen LogP contribution in [0.4, 0.5) is 22.0 Å². The summed E-state index contributed by atoms with van der Waals surface area (Å²) in [6, 6.07) is 6.99. The molecule has 1 aromatic heterocycles. The maximum Gasteiger partial charge on any atom is 0.322 e. The van der Waals surface area contributed by atoms with E-state index in [4.69, 9.17) is 5.10 Å². The lowest BCUT2D eigenvalue weighted by Crippen LogP contribution is -2.41. The fourth-order valence-electron chi connectivity index (χ4n) is 3.17. The van der Waals surface area contributed by atoms with Gasteiger partial charge in [-0.15, -0.1) is 0 Å². The Labute approximate surface area is 200 Å². The normalized spacial score (nSPS) is 11.7. The van der Waals surface area contributed by atoms with Gasteiger partial charge in [-0.2, -0.15) is 5.10 Å². The number of carbonyl (C=O) groups excluding carboxylic acids is 2. The van der Waals surface area contributed by atoms with E-state index in [-0.39, 0.29) is 29.1 Å². The van der Waals surface area contributed by atoms with Crippen molar-refractivity contribution in [1.29, 1.82) is 0 Å². The predicted molar refractivity (Wildman–Crippen MR) is 133 cm³/mol. The second-order valence-corrected chi connectivity index (χ2v) is 10.3. The molecule has 0 aliphatic carbocycles. The van der Waals surface area contributed by atoms with Gasteiger partial charge in [0.05, 0.1) is 16.2 Å². The molecule has 0 aliphatic heterocycles. The molecule has 0 aliphatic rings. The summed E-state index contributed by atoms with van der Waals surface area (Å²) in [6.07, 6.45) is 1.59. The van der Waals surface area contributed by atoms with Crippen molar-refractivity contribution in [2.24, 2.45) is 0 Å². The summed E-state index contributed by atoms with van der Waals surface area (Å²) in [5, 5.41) is 21.2. The third-order valence-electron chi connectivity index (χ3n) is 5.11. The molecule has 10 heteroatoms. The van der Waals surface area contributed by atoms with Gasteiger partial charge in [-0.25, -0.2) is 9.48 Å². The molecule has 0 spiro atoms. The lowest BCUT2D eigenvalue weighted by atomic mass is 9.92. The number of non-ortho nitro benzene ring substituents is 1. The van der Waals surface area contributed by atoms with E-state index in [2.05, 4.69) is 31.4 Å². The van der Waals surface area contributed by atoms with Gasteiger partial charge in [0.25, 0.3) is 5.69 Å². The van der Waals surface area contributed by atoms with E-state index in [1.165, 1.54) is 29.2 Å². The molecular formula is C24H36N6O4. The molecule has 0 unspecified atom stereocenters. The fourth-order valence-corrected chi connectivity index (χ4v) is 3.17. The van der Waals surface area contributed by atoms with Crippen LogP contribution in [0, 0.1) is 10.1 Å². The molecule has 0 saturated heterocycles. The number of urea groups is 1. The molecule has 0 bridgehead atoms. The zero-order chi connectivity index (χ0) is 25.7. The topological polar surface area (TPSA) is 122 Å². The largest absolute Gasteiger partial charge is 0.322 e. The Kier molecular flexibility index (Phi) is 8.41. The van der Waals surface area contributed by atoms with Gasteiger partial charge in [-0.3, -0.25) is 14.9 Å². The minimum absolute atomic E-state index is 0.0645. The fraction of sp³-hybridized carbons (Fsp3) is 0.542. The highest BCUT2D eigenvalue weighted by atomic mass is 16.6. The summed E-state index contributed by atoms with van der Waals surface area (Å²) in [4.78, 5) is 37.6. The van der Waals surface area contributed by atoms with Crippen molar-refractivity contribution in [3.8, 4) is 0 Å². The third-order valence-corrected chi connectivity index (χ3v) is 5.11. The van der Waals surface area contributed by atoms with Crippen molar-refractivity contribution < 1.29 is 14.5 Å². The zero-order valence-electron chi connectivity index (χ0n) is 21.1. The van der Waals surface area contributed by atoms with E-state index < -0.39 is 11.0 Å². The quantitative estimate of drug-likeness (QED) is 0.408. The zero-order valence-corrected chi connectivity index (χ0v) is 21.1. The van der Waals surface area contributed by atoms with E-state index in [1.807, 2.05) is 33.8 Å². The first-order valence-corrected chi connectivity index (χ1v) is 11.4. The SMILES string of the molecule is CCCCN(CC(=O)Nc1cc(C(C)(C)C)nn1C(C)(C)C)C(=O)Nc1ccc([N+](=O)[O-])cc1. The minimum atomic E-state index is -0.503. The van der Waals surface area contributed by atoms with Gasteiger partial charge < -0.3 is 15.5 Å². The maximum atomic E-state index is 13.0. The summed E-state index contributed by atoms with van der Waals surface area (Å²) in [5.74, 6) is 0.245. The lowest BCUT2D eigenvalue weighted by Gasteiger charge is -2.25. The Hall–Kier alpha value is -3.43. The second-order valence-electron chi connectivity index (χ2n) is 10.3. The lowest BCUT2D eigenvalue weighted by molar-refractivity contribution is -0.384. The number of anilines is 2. The molecule has 2 rings (SSSR count). The number of hydrogen-bond acceptors (Lipinski definition) is 5. The molecule has 34 heavy (non-hydrogen) atoms. The Bertz CT molecular complexity index is 1020. The standard InChI is InChI=1S/C24H36N6O4/c1-8-9-14-28(22(32)25-17-10-12-18(13-11-17)30(33)34)16-21(31)26-20-15-19(23(2,3)4)27-29(20)24(5,6)7/h10-13,15H,8-9,14,16H2,1-7H3,(H,25,32)(H,26,31). The first kappa shape index (κ1) is 26.8. The first-order valence-electron chi connectivity index (χ1n) is 11.4. The van der Waals surface area contributed by atoms with Crippen molar-refractivity contribution in [2.75, 3.05) is 23.7 Å². The number of rotatable bonds is 8. The molecule has 186 valence electrons. The number of benzene rings is 1. The first-order chi connectivity index (χ1) is 15.7. The molecule has 0 atom stereocenters. The van der Waals surface area contributed by atoms with Crippen molar-refractivity contribution in [1.82, 2.24) is 14.7 Å². The van der Waals surface area contributed by atoms with Crippen LogP contribution in [-0.2, 0) is 15.7 Å². The molecule has 2 N–H and O–H groups in total. The van der Waals surface area contributed by atoms with Crippen LogP contribution in [-0.4, -0.2) is 44.6 Å². The van der Waals surface area contributed by atoms with E-state index in [0.717, 1.165) is 18.5 Å². The van der Waals surface area contributed by atoms with E-state index in [1.54, 1.807) is 4.68 Å². The Morgan fingerprint density at radius 1 is 1.09 bits per heavy atom. The number of hydrogen-bond donors (Lipinski definition) is 2. The molecule has 0 radical (unpaired) electrons. The van der Waals surface area contributed by atoms with Crippen LogP contribution >= 0.6 is 0 Å². The molecule has 2 aromatic rings. The average Bonchev–Trinajstić information content (AvgIpc) is 3.16. The van der Waals surface area contributed by atoms with Crippen LogP contribution in [0.2, 0.25) is 0 Å². The van der Waals surface area contributed by atoms with Gasteiger partial charge in [-0.05, 0) is 39.3 Å². The van der Waals surface area contributed by atoms with Crippen molar-refractivity contribution in [3.05, 3.63) is 46.1 Å². The van der Waals surface area contributed by atoms with E-state index >= 15 is 0 Å². The van der Waals surface area contributed by atoms with Gasteiger partial charge >= 0.3 is 6.03 Å². The monoisotopic (exact) mass is 472 g/mol. The van der Waals surface area contributed by atoms with Crippen LogP contribution < -0.4 is 10.6 Å². The van der Waals surface area contributed by atoms with Crippen LogP contribution in [0.3, 0.4) is 0 Å². The highest BCUT2D eigenvalue weighted by Crippen LogP contribution is 2.28. The van der Waals surface area contributed by atoms with E-state index in [9.17, 15) is 19.7 Å². The molecule has 3 amide bonds. The average molecular weight is 473 g/mol. The molecule has 0 saturated carbocycles. The summed E-state index contributed by atoms with van der Waals surface area (Å²) < 4.78 is 1.79. The molecule has 1 heterocycles. The molecule has 10 nitrogen and oxygen atoms in total.